The average molecular weight is 306 g/mol. The Hall–Kier alpha value is -1.39. The molecule has 1 heterocycles. The van der Waals surface area contributed by atoms with Crippen molar-refractivity contribution in [3.8, 4) is 0 Å². The second kappa shape index (κ2) is 6.39. The molecule has 3 rings (SSSR count). The molecule has 5 nitrogen and oxygen atoms in total. The number of nitrogens with one attached hydrogen (secondary N) is 1. The first-order valence-corrected chi connectivity index (χ1v) is 8.75. The van der Waals surface area contributed by atoms with Crippen LogP contribution in [0.4, 0.5) is 0 Å². The lowest BCUT2D eigenvalue weighted by molar-refractivity contribution is -0.145. The second-order valence-corrected chi connectivity index (χ2v) is 7.21. The van der Waals surface area contributed by atoms with Crippen LogP contribution >= 0.6 is 0 Å². The zero-order valence-electron chi connectivity index (χ0n) is 13.2. The second-order valence-electron chi connectivity index (χ2n) is 7.21. The standard InChI is InChI=1S/C17H26N2O3/c20-14(18-13-7-3-1-4-8-13)12-19-15(21)11-17(16(19)22)9-5-2-6-10-17/h13H,1-12H2,(H,18,20). The smallest absolute Gasteiger partial charge is 0.240 e. The summed E-state index contributed by atoms with van der Waals surface area (Å²) in [6.45, 7) is -0.0874. The lowest BCUT2D eigenvalue weighted by Crippen LogP contribution is -2.46. The maximum absolute atomic E-state index is 12.6. The first kappa shape index (κ1) is 15.5. The first-order chi connectivity index (χ1) is 10.6. The van der Waals surface area contributed by atoms with E-state index in [9.17, 15) is 14.4 Å². The Morgan fingerprint density at radius 3 is 2.36 bits per heavy atom. The number of hydrogen-bond donors (Lipinski definition) is 1. The number of hydrogen-bond acceptors (Lipinski definition) is 3. The molecule has 2 saturated carbocycles. The van der Waals surface area contributed by atoms with Gasteiger partial charge in [0.15, 0.2) is 0 Å². The van der Waals surface area contributed by atoms with Crippen molar-refractivity contribution in [3.63, 3.8) is 0 Å². The van der Waals surface area contributed by atoms with Gasteiger partial charge in [-0.3, -0.25) is 19.3 Å². The van der Waals surface area contributed by atoms with Crippen molar-refractivity contribution in [1.29, 1.82) is 0 Å². The summed E-state index contributed by atoms with van der Waals surface area (Å²) in [6, 6.07) is 0.220. The van der Waals surface area contributed by atoms with E-state index in [-0.39, 0.29) is 30.3 Å². The fraction of sp³-hybridized carbons (Fsp3) is 0.824. The number of nitrogens with zero attached hydrogens (tertiary/aromatic N) is 1. The number of carbonyl (C=O) groups excluding carboxylic acids is 3. The fourth-order valence-corrected chi connectivity index (χ4v) is 4.30. The molecule has 3 fully saturated rings. The number of amides is 3. The molecule has 1 spiro atoms. The van der Waals surface area contributed by atoms with Crippen LogP contribution in [-0.4, -0.2) is 35.2 Å². The van der Waals surface area contributed by atoms with Crippen LogP contribution in [-0.2, 0) is 14.4 Å². The van der Waals surface area contributed by atoms with Crippen LogP contribution in [0.2, 0.25) is 0 Å². The summed E-state index contributed by atoms with van der Waals surface area (Å²) in [4.78, 5) is 38.2. The van der Waals surface area contributed by atoms with Crippen molar-refractivity contribution < 1.29 is 14.4 Å². The van der Waals surface area contributed by atoms with Gasteiger partial charge in [0.05, 0.1) is 5.41 Å². The van der Waals surface area contributed by atoms with Crippen molar-refractivity contribution in [2.24, 2.45) is 5.41 Å². The van der Waals surface area contributed by atoms with Crippen molar-refractivity contribution in [3.05, 3.63) is 0 Å². The van der Waals surface area contributed by atoms with E-state index in [1.807, 2.05) is 0 Å². The molecule has 1 saturated heterocycles. The Morgan fingerprint density at radius 1 is 1.05 bits per heavy atom. The molecule has 0 bridgehead atoms. The highest BCUT2D eigenvalue weighted by atomic mass is 16.2. The first-order valence-electron chi connectivity index (χ1n) is 8.75. The van der Waals surface area contributed by atoms with Crippen molar-refractivity contribution in [2.75, 3.05) is 6.54 Å². The number of rotatable bonds is 3. The van der Waals surface area contributed by atoms with Crippen LogP contribution in [0.15, 0.2) is 0 Å². The van der Waals surface area contributed by atoms with E-state index in [0.717, 1.165) is 57.8 Å². The molecule has 0 aromatic carbocycles. The van der Waals surface area contributed by atoms with Crippen LogP contribution in [0, 0.1) is 5.41 Å². The summed E-state index contributed by atoms with van der Waals surface area (Å²) >= 11 is 0. The van der Waals surface area contributed by atoms with Gasteiger partial charge in [-0.2, -0.15) is 0 Å². The monoisotopic (exact) mass is 306 g/mol. The van der Waals surface area contributed by atoms with Gasteiger partial charge in [0.25, 0.3) is 0 Å². The third-order valence-corrected chi connectivity index (χ3v) is 5.57. The maximum Gasteiger partial charge on any atom is 0.240 e. The minimum Gasteiger partial charge on any atom is -0.352 e. The topological polar surface area (TPSA) is 66.5 Å². The third-order valence-electron chi connectivity index (χ3n) is 5.57. The molecule has 0 aromatic heterocycles. The van der Waals surface area contributed by atoms with Crippen LogP contribution in [0.25, 0.3) is 0 Å². The van der Waals surface area contributed by atoms with E-state index in [2.05, 4.69) is 5.32 Å². The summed E-state index contributed by atoms with van der Waals surface area (Å²) in [6.07, 6.45) is 10.6. The maximum atomic E-state index is 12.6. The van der Waals surface area contributed by atoms with Gasteiger partial charge in [-0.1, -0.05) is 38.5 Å². The molecule has 0 unspecified atom stereocenters. The van der Waals surface area contributed by atoms with E-state index >= 15 is 0 Å². The molecule has 22 heavy (non-hydrogen) atoms. The number of likely N-dealkylation sites (tertiary alicyclic amines) is 1. The summed E-state index contributed by atoms with van der Waals surface area (Å²) in [7, 11) is 0. The highest BCUT2D eigenvalue weighted by Gasteiger charge is 2.51. The van der Waals surface area contributed by atoms with Crippen LogP contribution in [0.5, 0.6) is 0 Å². The van der Waals surface area contributed by atoms with E-state index in [4.69, 9.17) is 0 Å². The Balaban J connectivity index is 1.58. The lowest BCUT2D eigenvalue weighted by atomic mass is 9.73. The normalized spacial score (nSPS) is 25.7. The molecule has 3 amide bonds. The number of imide groups is 1. The zero-order valence-corrected chi connectivity index (χ0v) is 13.2. The van der Waals surface area contributed by atoms with Gasteiger partial charge in [-0.05, 0) is 25.7 Å². The molecule has 2 aliphatic carbocycles. The SMILES string of the molecule is O=C(CN1C(=O)CC2(CCCCC2)C1=O)NC1CCCCC1. The molecule has 0 aromatic rings. The van der Waals surface area contributed by atoms with Crippen LogP contribution in [0.1, 0.15) is 70.6 Å². The highest BCUT2D eigenvalue weighted by Crippen LogP contribution is 2.45. The minimum absolute atomic E-state index is 0.0874. The van der Waals surface area contributed by atoms with E-state index in [1.165, 1.54) is 11.3 Å². The molecule has 1 aliphatic heterocycles. The molecule has 122 valence electrons. The van der Waals surface area contributed by atoms with Crippen molar-refractivity contribution >= 4 is 17.7 Å². The minimum atomic E-state index is -0.486. The molecular weight excluding hydrogens is 280 g/mol. The summed E-state index contributed by atoms with van der Waals surface area (Å²) in [5.74, 6) is -0.442. The predicted octanol–water partition coefficient (Wildman–Crippen LogP) is 2.14. The lowest BCUT2D eigenvalue weighted by Gasteiger charge is -2.30. The van der Waals surface area contributed by atoms with E-state index in [0.29, 0.717) is 6.42 Å². The molecule has 1 N–H and O–H groups in total. The Kier molecular flexibility index (Phi) is 4.50. The van der Waals surface area contributed by atoms with Gasteiger partial charge in [0, 0.05) is 12.5 Å². The predicted molar refractivity (Wildman–Crippen MR) is 81.9 cm³/mol. The van der Waals surface area contributed by atoms with Gasteiger partial charge in [-0.25, -0.2) is 0 Å². The van der Waals surface area contributed by atoms with Gasteiger partial charge < -0.3 is 5.32 Å². The Labute approximate surface area is 131 Å². The summed E-state index contributed by atoms with van der Waals surface area (Å²) in [5.41, 5.74) is -0.486. The summed E-state index contributed by atoms with van der Waals surface area (Å²) in [5, 5.41) is 2.99. The largest absolute Gasteiger partial charge is 0.352 e. The van der Waals surface area contributed by atoms with Crippen LogP contribution in [0.3, 0.4) is 0 Å². The zero-order chi connectivity index (χ0) is 15.6. The molecule has 0 radical (unpaired) electrons. The van der Waals surface area contributed by atoms with Gasteiger partial charge >= 0.3 is 0 Å². The molecule has 3 aliphatic rings. The highest BCUT2D eigenvalue weighted by molar-refractivity contribution is 6.08. The fourth-order valence-electron chi connectivity index (χ4n) is 4.30. The quantitative estimate of drug-likeness (QED) is 0.812. The average Bonchev–Trinajstić information content (AvgIpc) is 2.73. The Bertz CT molecular complexity index is 463. The number of carbonyl (C=O) groups is 3. The van der Waals surface area contributed by atoms with E-state index in [1.54, 1.807) is 0 Å². The summed E-state index contributed by atoms with van der Waals surface area (Å²) < 4.78 is 0. The van der Waals surface area contributed by atoms with Gasteiger partial charge in [0.1, 0.15) is 6.54 Å². The van der Waals surface area contributed by atoms with Crippen molar-refractivity contribution in [1.82, 2.24) is 10.2 Å². The molecular formula is C17H26N2O3. The van der Waals surface area contributed by atoms with Gasteiger partial charge in [0.2, 0.25) is 17.7 Å². The van der Waals surface area contributed by atoms with Gasteiger partial charge in [-0.15, -0.1) is 0 Å². The molecule has 5 heteroatoms. The Morgan fingerprint density at radius 2 is 1.68 bits per heavy atom. The van der Waals surface area contributed by atoms with Crippen molar-refractivity contribution in [2.45, 2.75) is 76.7 Å². The molecule has 0 atom stereocenters. The third kappa shape index (κ3) is 3.03. The van der Waals surface area contributed by atoms with E-state index < -0.39 is 5.41 Å². The van der Waals surface area contributed by atoms with Crippen LogP contribution < -0.4 is 5.32 Å².